The maximum absolute atomic E-state index is 12.1. The molecule has 4 rings (SSSR count). The highest BCUT2D eigenvalue weighted by Crippen LogP contribution is 2.46. The second kappa shape index (κ2) is 5.95. The minimum absolute atomic E-state index is 0.255. The van der Waals surface area contributed by atoms with Gasteiger partial charge in [0, 0.05) is 24.6 Å². The van der Waals surface area contributed by atoms with E-state index in [0.29, 0.717) is 18.5 Å². The second-order valence-electron chi connectivity index (χ2n) is 6.47. The largest absolute Gasteiger partial charge is 0.497 e. The Labute approximate surface area is 146 Å². The van der Waals surface area contributed by atoms with E-state index in [1.807, 2.05) is 18.2 Å². The molecule has 1 N–H and O–H groups in total. The van der Waals surface area contributed by atoms with Crippen LogP contribution in [0.25, 0.3) is 0 Å². The Hall–Kier alpha value is -2.76. The van der Waals surface area contributed by atoms with Crippen molar-refractivity contribution < 1.29 is 19.0 Å². The van der Waals surface area contributed by atoms with Crippen LogP contribution in [-0.2, 0) is 17.7 Å². The highest BCUT2D eigenvalue weighted by atomic mass is 16.6. The Kier molecular flexibility index (Phi) is 3.75. The van der Waals surface area contributed by atoms with Gasteiger partial charge in [-0.3, -0.25) is 0 Å². The summed E-state index contributed by atoms with van der Waals surface area (Å²) in [5, 5.41) is 3.30. The van der Waals surface area contributed by atoms with Gasteiger partial charge >= 0.3 is 5.97 Å². The summed E-state index contributed by atoms with van der Waals surface area (Å²) in [5.74, 6) is 1.99. The summed E-state index contributed by atoms with van der Waals surface area (Å²) in [5.41, 5.74) is 2.11. The van der Waals surface area contributed by atoms with Crippen LogP contribution in [0.2, 0.25) is 0 Å². The molecule has 0 radical (unpaired) electrons. The number of hydrogen-bond acceptors (Lipinski definition) is 6. The molecule has 6 nitrogen and oxygen atoms in total. The van der Waals surface area contributed by atoms with E-state index < -0.39 is 0 Å². The van der Waals surface area contributed by atoms with E-state index in [-0.39, 0.29) is 11.6 Å². The Morgan fingerprint density at radius 1 is 1.20 bits per heavy atom. The van der Waals surface area contributed by atoms with Gasteiger partial charge in [-0.1, -0.05) is 0 Å². The first kappa shape index (κ1) is 15.7. The molecule has 0 saturated heterocycles. The van der Waals surface area contributed by atoms with Gasteiger partial charge in [0.2, 0.25) is 0 Å². The number of nitrogens with one attached hydrogen (secondary N) is 1. The zero-order valence-electron chi connectivity index (χ0n) is 14.3. The quantitative estimate of drug-likeness (QED) is 0.844. The lowest BCUT2D eigenvalue weighted by Gasteiger charge is -2.24. The number of carbonyl (C=O) groups is 1. The number of nitrogens with zero attached hydrogens (tertiary/aromatic N) is 1. The summed E-state index contributed by atoms with van der Waals surface area (Å²) in [7, 11) is 3.26. The van der Waals surface area contributed by atoms with Crippen LogP contribution in [0.5, 0.6) is 11.5 Å². The SMILES string of the molecule is COc1ccc(CNc2ccc3c(n2)CC2(CC2)OC3=O)c(OC)c1. The summed E-state index contributed by atoms with van der Waals surface area (Å²) in [6.45, 7) is 0.564. The van der Waals surface area contributed by atoms with Gasteiger partial charge in [-0.15, -0.1) is 0 Å². The van der Waals surface area contributed by atoms with Gasteiger partial charge in [0.1, 0.15) is 22.9 Å². The molecule has 1 aromatic carbocycles. The first-order valence-electron chi connectivity index (χ1n) is 8.30. The van der Waals surface area contributed by atoms with Gasteiger partial charge in [0.25, 0.3) is 0 Å². The molecule has 1 aromatic heterocycles. The molecule has 1 saturated carbocycles. The second-order valence-corrected chi connectivity index (χ2v) is 6.47. The van der Waals surface area contributed by atoms with Crippen molar-refractivity contribution in [1.29, 1.82) is 0 Å². The third kappa shape index (κ3) is 2.99. The van der Waals surface area contributed by atoms with Crippen molar-refractivity contribution in [2.45, 2.75) is 31.4 Å². The number of esters is 1. The lowest BCUT2D eigenvalue weighted by atomic mass is 10.0. The van der Waals surface area contributed by atoms with E-state index in [1.54, 1.807) is 26.4 Å². The number of fused-ring (bicyclic) bond motifs is 1. The summed E-state index contributed by atoms with van der Waals surface area (Å²) in [4.78, 5) is 16.7. The fourth-order valence-corrected chi connectivity index (χ4v) is 3.12. The van der Waals surface area contributed by atoms with E-state index >= 15 is 0 Å². The van der Waals surface area contributed by atoms with Crippen LogP contribution < -0.4 is 14.8 Å². The summed E-state index contributed by atoms with van der Waals surface area (Å²) >= 11 is 0. The molecular formula is C19H20N2O4. The number of hydrogen-bond donors (Lipinski definition) is 1. The first-order valence-corrected chi connectivity index (χ1v) is 8.30. The molecule has 0 atom stereocenters. The monoisotopic (exact) mass is 340 g/mol. The fourth-order valence-electron chi connectivity index (χ4n) is 3.12. The molecule has 1 aliphatic carbocycles. The molecule has 2 heterocycles. The number of carbonyl (C=O) groups excluding carboxylic acids is 1. The predicted octanol–water partition coefficient (Wildman–Crippen LogP) is 2.96. The van der Waals surface area contributed by atoms with Crippen LogP contribution in [-0.4, -0.2) is 30.8 Å². The fraction of sp³-hybridized carbons (Fsp3) is 0.368. The van der Waals surface area contributed by atoms with Crippen molar-refractivity contribution in [3.05, 3.63) is 47.2 Å². The molecule has 0 bridgehead atoms. The Bertz CT molecular complexity index is 830. The Balaban J connectivity index is 1.52. The summed E-state index contributed by atoms with van der Waals surface area (Å²) in [6, 6.07) is 9.30. The number of anilines is 1. The van der Waals surface area contributed by atoms with Crippen LogP contribution in [0.3, 0.4) is 0 Å². The number of aromatic nitrogens is 1. The normalized spacial score (nSPS) is 16.8. The van der Waals surface area contributed by atoms with Gasteiger partial charge in [0.15, 0.2) is 0 Å². The van der Waals surface area contributed by atoms with E-state index in [1.165, 1.54) is 0 Å². The van der Waals surface area contributed by atoms with Gasteiger partial charge in [-0.2, -0.15) is 0 Å². The molecule has 1 spiro atoms. The molecular weight excluding hydrogens is 320 g/mol. The minimum atomic E-state index is -0.283. The van der Waals surface area contributed by atoms with Crippen molar-refractivity contribution in [2.75, 3.05) is 19.5 Å². The summed E-state index contributed by atoms with van der Waals surface area (Å²) in [6.07, 6.45) is 2.57. The lowest BCUT2D eigenvalue weighted by molar-refractivity contribution is 0.0174. The lowest BCUT2D eigenvalue weighted by Crippen LogP contribution is -2.30. The molecule has 2 aliphatic rings. The third-order valence-electron chi connectivity index (χ3n) is 4.75. The van der Waals surface area contributed by atoms with Crippen molar-refractivity contribution in [3.8, 4) is 11.5 Å². The topological polar surface area (TPSA) is 69.7 Å². The van der Waals surface area contributed by atoms with E-state index in [4.69, 9.17) is 14.2 Å². The Morgan fingerprint density at radius 3 is 2.76 bits per heavy atom. The van der Waals surface area contributed by atoms with Crippen LogP contribution >= 0.6 is 0 Å². The van der Waals surface area contributed by atoms with Gasteiger partial charge in [-0.05, 0) is 37.1 Å². The molecule has 1 aliphatic heterocycles. The standard InChI is InChI=1S/C19H20N2O4/c1-23-13-4-3-12(16(9-13)24-2)11-20-17-6-5-14-15(21-17)10-19(7-8-19)25-18(14)22/h3-6,9H,7-8,10-11H2,1-2H3,(H,20,21). The molecule has 2 aromatic rings. The number of pyridine rings is 1. The van der Waals surface area contributed by atoms with Crippen molar-refractivity contribution in [3.63, 3.8) is 0 Å². The van der Waals surface area contributed by atoms with Gasteiger partial charge in [0.05, 0.1) is 25.5 Å². The van der Waals surface area contributed by atoms with Crippen molar-refractivity contribution in [1.82, 2.24) is 4.98 Å². The Morgan fingerprint density at radius 2 is 2.04 bits per heavy atom. The highest BCUT2D eigenvalue weighted by molar-refractivity contribution is 5.92. The van der Waals surface area contributed by atoms with Crippen LogP contribution in [0.4, 0.5) is 5.82 Å². The zero-order valence-corrected chi connectivity index (χ0v) is 14.3. The predicted molar refractivity (Wildman–Crippen MR) is 92.2 cm³/mol. The van der Waals surface area contributed by atoms with Crippen LogP contribution in [0.15, 0.2) is 30.3 Å². The highest BCUT2D eigenvalue weighted by Gasteiger charge is 2.50. The number of ether oxygens (including phenoxy) is 3. The number of rotatable bonds is 5. The minimum Gasteiger partial charge on any atom is -0.497 e. The number of benzene rings is 1. The van der Waals surface area contributed by atoms with Crippen LogP contribution in [0.1, 0.15) is 34.5 Å². The average Bonchev–Trinajstić information content (AvgIpc) is 3.37. The molecule has 130 valence electrons. The van der Waals surface area contributed by atoms with E-state index in [0.717, 1.165) is 41.4 Å². The van der Waals surface area contributed by atoms with Gasteiger partial charge in [-0.25, -0.2) is 9.78 Å². The average molecular weight is 340 g/mol. The van der Waals surface area contributed by atoms with Crippen molar-refractivity contribution >= 4 is 11.8 Å². The summed E-state index contributed by atoms with van der Waals surface area (Å²) < 4.78 is 16.1. The molecule has 25 heavy (non-hydrogen) atoms. The van der Waals surface area contributed by atoms with Crippen molar-refractivity contribution in [2.24, 2.45) is 0 Å². The first-order chi connectivity index (χ1) is 12.1. The van der Waals surface area contributed by atoms with Gasteiger partial charge < -0.3 is 19.5 Å². The molecule has 0 unspecified atom stereocenters. The molecule has 0 amide bonds. The third-order valence-corrected chi connectivity index (χ3v) is 4.75. The van der Waals surface area contributed by atoms with E-state index in [9.17, 15) is 4.79 Å². The molecule has 1 fully saturated rings. The zero-order chi connectivity index (χ0) is 17.4. The number of methoxy groups -OCH3 is 2. The maximum Gasteiger partial charge on any atom is 0.340 e. The van der Waals surface area contributed by atoms with E-state index in [2.05, 4.69) is 10.3 Å². The smallest absolute Gasteiger partial charge is 0.340 e. The van der Waals surface area contributed by atoms with Crippen LogP contribution in [0, 0.1) is 0 Å². The maximum atomic E-state index is 12.1. The molecule has 6 heteroatoms.